The maximum atomic E-state index is 12.9. The summed E-state index contributed by atoms with van der Waals surface area (Å²) in [5.74, 6) is -1.07. The second-order valence-electron chi connectivity index (χ2n) is 5.69. The van der Waals surface area contributed by atoms with Gasteiger partial charge < -0.3 is 5.32 Å². The van der Waals surface area contributed by atoms with Gasteiger partial charge in [-0.3, -0.25) is 9.59 Å². The van der Waals surface area contributed by atoms with Crippen LogP contribution in [0.2, 0.25) is 0 Å². The number of thioether (sulfide) groups is 1. The third-order valence-electron chi connectivity index (χ3n) is 3.71. The molecule has 0 aliphatic carbocycles. The van der Waals surface area contributed by atoms with E-state index in [0.717, 1.165) is 11.8 Å². The fraction of sp³-hybridized carbons (Fsp3) is 0.118. The normalized spacial score (nSPS) is 18.5. The summed E-state index contributed by atoms with van der Waals surface area (Å²) in [4.78, 5) is 28.5. The number of nitrogens with zero attached hydrogens (tertiary/aromatic N) is 1. The number of ketones is 1. The first-order valence-electron chi connectivity index (χ1n) is 7.70. The molecule has 10 heteroatoms. The van der Waals surface area contributed by atoms with E-state index in [0.29, 0.717) is 16.4 Å². The van der Waals surface area contributed by atoms with Gasteiger partial charge in [-0.25, -0.2) is 22.9 Å². The number of rotatable bonds is 5. The Morgan fingerprint density at radius 1 is 1.15 bits per heavy atom. The fourth-order valence-corrected chi connectivity index (χ4v) is 3.85. The lowest BCUT2D eigenvalue weighted by atomic mass is 10.1. The van der Waals surface area contributed by atoms with Crippen molar-refractivity contribution in [3.63, 3.8) is 0 Å². The molecular weight excluding hydrogens is 393 g/mol. The summed E-state index contributed by atoms with van der Waals surface area (Å²) in [5, 5.41) is 7.27. The van der Waals surface area contributed by atoms with E-state index in [9.17, 15) is 22.4 Å². The number of carbonyl (C=O) groups is 2. The SMILES string of the molecule is NS(=O)(=O)c1ccc(N=C2NC(=O)[C@@H](CC(=O)c3ccc(F)cc3)S2)cc1. The minimum atomic E-state index is -3.79. The van der Waals surface area contributed by atoms with E-state index in [1.54, 1.807) is 0 Å². The molecule has 0 unspecified atom stereocenters. The Labute approximate surface area is 158 Å². The molecule has 2 aromatic carbocycles. The summed E-state index contributed by atoms with van der Waals surface area (Å²) in [7, 11) is -3.79. The van der Waals surface area contributed by atoms with Crippen LogP contribution in [-0.4, -0.2) is 30.5 Å². The summed E-state index contributed by atoms with van der Waals surface area (Å²) in [6.07, 6.45) is -0.0501. The molecule has 1 amide bonds. The average Bonchev–Trinajstić information content (AvgIpc) is 2.94. The largest absolute Gasteiger partial charge is 0.304 e. The number of nitrogens with two attached hydrogens (primary N) is 1. The van der Waals surface area contributed by atoms with Crippen LogP contribution < -0.4 is 10.5 Å². The van der Waals surface area contributed by atoms with Crippen molar-refractivity contribution < 1.29 is 22.4 Å². The molecule has 27 heavy (non-hydrogen) atoms. The lowest BCUT2D eigenvalue weighted by Crippen LogP contribution is -2.26. The average molecular weight is 407 g/mol. The highest BCUT2D eigenvalue weighted by atomic mass is 32.2. The quantitative estimate of drug-likeness (QED) is 0.735. The smallest absolute Gasteiger partial charge is 0.240 e. The van der Waals surface area contributed by atoms with Crippen LogP contribution in [0.5, 0.6) is 0 Å². The lowest BCUT2D eigenvalue weighted by Gasteiger charge is -2.04. The topological polar surface area (TPSA) is 119 Å². The van der Waals surface area contributed by atoms with Crippen molar-refractivity contribution in [3.05, 3.63) is 59.9 Å². The van der Waals surface area contributed by atoms with Gasteiger partial charge in [-0.2, -0.15) is 0 Å². The van der Waals surface area contributed by atoms with Crippen LogP contribution in [0.25, 0.3) is 0 Å². The highest BCUT2D eigenvalue weighted by molar-refractivity contribution is 8.15. The van der Waals surface area contributed by atoms with Gasteiger partial charge in [-0.05, 0) is 48.5 Å². The molecule has 0 spiro atoms. The number of nitrogens with one attached hydrogen (secondary N) is 1. The number of amides is 1. The van der Waals surface area contributed by atoms with Gasteiger partial charge in [0.05, 0.1) is 15.8 Å². The number of hydrogen-bond donors (Lipinski definition) is 2. The van der Waals surface area contributed by atoms with Crippen LogP contribution >= 0.6 is 11.8 Å². The number of halogens is 1. The molecule has 0 saturated carbocycles. The zero-order chi connectivity index (χ0) is 19.6. The van der Waals surface area contributed by atoms with E-state index in [1.807, 2.05) is 0 Å². The van der Waals surface area contributed by atoms with Crippen LogP contribution in [0.4, 0.5) is 10.1 Å². The molecule has 1 atom stereocenters. The van der Waals surface area contributed by atoms with Gasteiger partial charge in [0.2, 0.25) is 15.9 Å². The van der Waals surface area contributed by atoms with E-state index in [-0.39, 0.29) is 23.0 Å². The highest BCUT2D eigenvalue weighted by Gasteiger charge is 2.32. The fourth-order valence-electron chi connectivity index (χ4n) is 2.34. The number of aliphatic imine (C=N–C) groups is 1. The third-order valence-corrected chi connectivity index (χ3v) is 5.72. The number of amidine groups is 1. The van der Waals surface area contributed by atoms with E-state index >= 15 is 0 Å². The van der Waals surface area contributed by atoms with Gasteiger partial charge in [-0.15, -0.1) is 0 Å². The van der Waals surface area contributed by atoms with Crippen molar-refractivity contribution in [1.82, 2.24) is 5.32 Å². The first kappa shape index (κ1) is 19.2. The summed E-state index contributed by atoms with van der Waals surface area (Å²) in [6, 6.07) is 10.7. The van der Waals surface area contributed by atoms with Crippen molar-refractivity contribution >= 4 is 44.3 Å². The predicted molar refractivity (Wildman–Crippen MR) is 99.8 cm³/mol. The summed E-state index contributed by atoms with van der Waals surface area (Å²) >= 11 is 1.10. The molecule has 1 heterocycles. The third kappa shape index (κ3) is 4.79. The van der Waals surface area contributed by atoms with Crippen LogP contribution in [0.15, 0.2) is 58.4 Å². The Kier molecular flexibility index (Phi) is 5.40. The van der Waals surface area contributed by atoms with Gasteiger partial charge in [0.1, 0.15) is 5.82 Å². The van der Waals surface area contributed by atoms with Crippen LogP contribution in [0.3, 0.4) is 0 Å². The van der Waals surface area contributed by atoms with Crippen molar-refractivity contribution in [2.75, 3.05) is 0 Å². The van der Waals surface area contributed by atoms with Crippen LogP contribution in [-0.2, 0) is 14.8 Å². The molecule has 1 saturated heterocycles. The monoisotopic (exact) mass is 407 g/mol. The first-order chi connectivity index (χ1) is 12.7. The Morgan fingerprint density at radius 2 is 1.78 bits per heavy atom. The number of benzene rings is 2. The van der Waals surface area contributed by atoms with E-state index in [1.165, 1.54) is 48.5 Å². The van der Waals surface area contributed by atoms with Gasteiger partial charge in [-0.1, -0.05) is 11.8 Å². The maximum absolute atomic E-state index is 12.9. The molecule has 1 aliphatic heterocycles. The highest BCUT2D eigenvalue weighted by Crippen LogP contribution is 2.26. The molecule has 0 radical (unpaired) electrons. The van der Waals surface area contributed by atoms with Gasteiger partial charge in [0, 0.05) is 12.0 Å². The summed E-state index contributed by atoms with van der Waals surface area (Å²) in [6.45, 7) is 0. The Morgan fingerprint density at radius 3 is 2.37 bits per heavy atom. The number of Topliss-reactive ketones (excluding diaryl/α,β-unsaturated/α-hetero) is 1. The summed E-state index contributed by atoms with van der Waals surface area (Å²) in [5.41, 5.74) is 0.754. The first-order valence-corrected chi connectivity index (χ1v) is 10.1. The van der Waals surface area contributed by atoms with Crippen LogP contribution in [0, 0.1) is 5.82 Å². The van der Waals surface area contributed by atoms with Crippen molar-refractivity contribution in [3.8, 4) is 0 Å². The molecule has 0 aromatic heterocycles. The van der Waals surface area contributed by atoms with Gasteiger partial charge in [0.25, 0.3) is 0 Å². The van der Waals surface area contributed by atoms with E-state index < -0.39 is 21.1 Å². The predicted octanol–water partition coefficient (Wildman–Crippen LogP) is 1.97. The second-order valence-corrected chi connectivity index (χ2v) is 8.44. The van der Waals surface area contributed by atoms with Crippen molar-refractivity contribution in [2.24, 2.45) is 10.1 Å². The van der Waals surface area contributed by atoms with Crippen LogP contribution in [0.1, 0.15) is 16.8 Å². The zero-order valence-corrected chi connectivity index (χ0v) is 15.4. The molecule has 3 rings (SSSR count). The minimum absolute atomic E-state index is 0.0441. The zero-order valence-electron chi connectivity index (χ0n) is 13.8. The minimum Gasteiger partial charge on any atom is -0.304 e. The number of primary sulfonamides is 1. The number of carbonyl (C=O) groups excluding carboxylic acids is 2. The molecule has 140 valence electrons. The van der Waals surface area contributed by atoms with Crippen molar-refractivity contribution in [1.29, 1.82) is 0 Å². The van der Waals surface area contributed by atoms with Crippen molar-refractivity contribution in [2.45, 2.75) is 16.6 Å². The Balaban J connectivity index is 1.68. The lowest BCUT2D eigenvalue weighted by molar-refractivity contribution is -0.118. The van der Waals surface area contributed by atoms with Gasteiger partial charge >= 0.3 is 0 Å². The Bertz CT molecular complexity index is 1020. The number of hydrogen-bond acceptors (Lipinski definition) is 6. The second kappa shape index (κ2) is 7.59. The standard InChI is InChI=1S/C17H14FN3O4S2/c18-11-3-1-10(2-4-11)14(22)9-15-16(23)21-17(26-15)20-12-5-7-13(8-6-12)27(19,24)25/h1-8,15H,9H2,(H2,19,24,25)(H,20,21,23)/t15-/m1/s1. The molecule has 2 aromatic rings. The van der Waals surface area contributed by atoms with Gasteiger partial charge in [0.15, 0.2) is 11.0 Å². The molecular formula is C17H14FN3O4S2. The molecule has 1 aliphatic rings. The molecule has 3 N–H and O–H groups in total. The summed E-state index contributed by atoms with van der Waals surface area (Å²) < 4.78 is 35.4. The van der Waals surface area contributed by atoms with E-state index in [2.05, 4.69) is 10.3 Å². The number of sulfonamides is 1. The Hall–Kier alpha value is -2.56. The molecule has 1 fully saturated rings. The maximum Gasteiger partial charge on any atom is 0.240 e. The van der Waals surface area contributed by atoms with E-state index in [4.69, 9.17) is 5.14 Å². The molecule has 0 bridgehead atoms. The molecule has 7 nitrogen and oxygen atoms in total.